The zero-order valence-corrected chi connectivity index (χ0v) is 14.8. The summed E-state index contributed by atoms with van der Waals surface area (Å²) in [5.74, 6) is -0.467. The van der Waals surface area contributed by atoms with Crippen molar-refractivity contribution in [1.29, 1.82) is 0 Å². The van der Waals surface area contributed by atoms with Crippen LogP contribution in [0, 0.1) is 0 Å². The number of benzene rings is 1. The summed E-state index contributed by atoms with van der Waals surface area (Å²) in [4.78, 5) is 50.7. The van der Waals surface area contributed by atoms with Crippen LogP contribution in [0.4, 0.5) is 11.4 Å². The smallest absolute Gasteiger partial charge is 0.323 e. The number of amides is 2. The number of anilines is 2. The van der Waals surface area contributed by atoms with Crippen LogP contribution in [0.3, 0.4) is 0 Å². The van der Waals surface area contributed by atoms with Crippen molar-refractivity contribution in [3.63, 3.8) is 0 Å². The molecule has 8 heteroatoms. The third kappa shape index (κ3) is 3.42. The highest BCUT2D eigenvalue weighted by molar-refractivity contribution is 6.01. The highest BCUT2D eigenvalue weighted by Gasteiger charge is 2.26. The second kappa shape index (κ2) is 6.86. The maximum absolute atomic E-state index is 12.5. The lowest BCUT2D eigenvalue weighted by atomic mass is 10.2. The molecule has 2 aliphatic rings. The van der Waals surface area contributed by atoms with E-state index in [2.05, 4.69) is 5.32 Å². The average Bonchev–Trinajstić information content (AvgIpc) is 3.40. The van der Waals surface area contributed by atoms with Gasteiger partial charge in [-0.15, -0.1) is 0 Å². The van der Waals surface area contributed by atoms with Crippen LogP contribution in [0.25, 0.3) is 0 Å². The van der Waals surface area contributed by atoms with E-state index in [4.69, 9.17) is 0 Å². The summed E-state index contributed by atoms with van der Waals surface area (Å²) >= 11 is 0. The number of hydrogen-bond donors (Lipinski definition) is 1. The molecule has 2 amide bonds. The molecule has 1 saturated carbocycles. The van der Waals surface area contributed by atoms with Gasteiger partial charge in [0.05, 0.1) is 11.4 Å². The molecule has 1 aliphatic carbocycles. The Bertz CT molecular complexity index is 1020. The number of hydrogen-bond acceptors (Lipinski definition) is 4. The first-order valence-electron chi connectivity index (χ1n) is 9.06. The van der Waals surface area contributed by atoms with Gasteiger partial charge >= 0.3 is 5.69 Å². The van der Waals surface area contributed by atoms with Crippen LogP contribution in [0.1, 0.15) is 31.7 Å². The van der Waals surface area contributed by atoms with Gasteiger partial charge in [0, 0.05) is 31.3 Å². The van der Waals surface area contributed by atoms with Crippen molar-refractivity contribution in [2.45, 2.75) is 38.3 Å². The Kier molecular flexibility index (Phi) is 4.39. The average molecular weight is 368 g/mol. The molecule has 140 valence electrons. The molecule has 1 saturated heterocycles. The molecule has 1 aromatic carbocycles. The molecule has 4 rings (SSSR count). The Hall–Kier alpha value is -3.16. The topological polar surface area (TPSA) is 93.4 Å². The fourth-order valence-corrected chi connectivity index (χ4v) is 3.36. The van der Waals surface area contributed by atoms with Crippen molar-refractivity contribution >= 4 is 23.2 Å². The maximum atomic E-state index is 12.5. The summed E-state index contributed by atoms with van der Waals surface area (Å²) in [6, 6.07) is 8.46. The van der Waals surface area contributed by atoms with Crippen LogP contribution >= 0.6 is 0 Å². The number of rotatable bonds is 5. The molecule has 1 N–H and O–H groups in total. The number of aromatic nitrogens is 2. The van der Waals surface area contributed by atoms with Gasteiger partial charge in [0.15, 0.2) is 0 Å². The summed E-state index contributed by atoms with van der Waals surface area (Å²) in [7, 11) is 0. The third-order valence-corrected chi connectivity index (χ3v) is 4.88. The highest BCUT2D eigenvalue weighted by Crippen LogP contribution is 2.33. The van der Waals surface area contributed by atoms with E-state index in [-0.39, 0.29) is 18.5 Å². The molecule has 8 nitrogen and oxygen atoms in total. The van der Waals surface area contributed by atoms with Crippen LogP contribution < -0.4 is 21.5 Å². The van der Waals surface area contributed by atoms with E-state index < -0.39 is 17.2 Å². The van der Waals surface area contributed by atoms with E-state index in [1.807, 2.05) is 0 Å². The van der Waals surface area contributed by atoms with Crippen molar-refractivity contribution in [2.24, 2.45) is 0 Å². The molecule has 0 bridgehead atoms. The largest absolute Gasteiger partial charge is 0.331 e. The third-order valence-electron chi connectivity index (χ3n) is 4.88. The maximum Gasteiger partial charge on any atom is 0.331 e. The standard InChI is InChI=1S/C19H20N4O4/c24-16(12-23-18(26)9-11-21(19(23)27)13-7-8-13)20-14-4-1-2-5-15(14)22-10-3-6-17(22)25/h1-2,4-5,9,11,13H,3,6-8,10,12H2,(H,20,24). The normalized spacial score (nSPS) is 16.6. The van der Waals surface area contributed by atoms with Gasteiger partial charge in [0.1, 0.15) is 6.54 Å². The molecule has 0 spiro atoms. The Labute approximate surface area is 155 Å². The fraction of sp³-hybridized carbons (Fsp3) is 0.368. The predicted molar refractivity (Wildman–Crippen MR) is 99.9 cm³/mol. The molecule has 27 heavy (non-hydrogen) atoms. The molecule has 1 aliphatic heterocycles. The van der Waals surface area contributed by atoms with Gasteiger partial charge in [0.25, 0.3) is 5.56 Å². The summed E-state index contributed by atoms with van der Waals surface area (Å²) in [6.45, 7) is 0.240. The molecule has 0 radical (unpaired) electrons. The van der Waals surface area contributed by atoms with E-state index in [1.165, 1.54) is 16.8 Å². The first-order chi connectivity index (χ1) is 13.0. The molecular formula is C19H20N4O4. The molecule has 2 aromatic rings. The van der Waals surface area contributed by atoms with Gasteiger partial charge < -0.3 is 10.2 Å². The van der Waals surface area contributed by atoms with Crippen LogP contribution in [0.15, 0.2) is 46.1 Å². The number of nitrogens with one attached hydrogen (secondary N) is 1. The number of carbonyl (C=O) groups is 2. The SMILES string of the molecule is O=C(Cn1c(=O)ccn(C2CC2)c1=O)Nc1ccccc1N1CCCC1=O. The Morgan fingerprint density at radius 1 is 1.11 bits per heavy atom. The van der Waals surface area contributed by atoms with Gasteiger partial charge in [-0.25, -0.2) is 4.79 Å². The van der Waals surface area contributed by atoms with Crippen molar-refractivity contribution in [1.82, 2.24) is 9.13 Å². The molecule has 2 fully saturated rings. The van der Waals surface area contributed by atoms with E-state index in [1.54, 1.807) is 29.2 Å². The quantitative estimate of drug-likeness (QED) is 0.856. The number of para-hydroxylation sites is 2. The first kappa shape index (κ1) is 17.3. The van der Waals surface area contributed by atoms with E-state index in [9.17, 15) is 19.2 Å². The summed E-state index contributed by atoms with van der Waals surface area (Å²) in [5.41, 5.74) is 0.145. The minimum Gasteiger partial charge on any atom is -0.323 e. The Morgan fingerprint density at radius 3 is 2.59 bits per heavy atom. The predicted octanol–water partition coefficient (Wildman–Crippen LogP) is 1.11. The second-order valence-corrected chi connectivity index (χ2v) is 6.88. The van der Waals surface area contributed by atoms with Crippen LogP contribution in [-0.4, -0.2) is 27.5 Å². The van der Waals surface area contributed by atoms with Crippen molar-refractivity contribution in [2.75, 3.05) is 16.8 Å². The zero-order chi connectivity index (χ0) is 19.0. The first-order valence-corrected chi connectivity index (χ1v) is 9.06. The van der Waals surface area contributed by atoms with E-state index in [0.29, 0.717) is 24.3 Å². The minimum atomic E-state index is -0.505. The Morgan fingerprint density at radius 2 is 1.89 bits per heavy atom. The molecule has 0 atom stereocenters. The Balaban J connectivity index is 1.56. The van der Waals surface area contributed by atoms with Crippen molar-refractivity contribution < 1.29 is 9.59 Å². The highest BCUT2D eigenvalue weighted by atomic mass is 16.2. The van der Waals surface area contributed by atoms with Gasteiger partial charge in [0.2, 0.25) is 11.8 Å². The van der Waals surface area contributed by atoms with Crippen LogP contribution in [0.5, 0.6) is 0 Å². The minimum absolute atomic E-state index is 0.0169. The lowest BCUT2D eigenvalue weighted by Gasteiger charge is -2.20. The van der Waals surface area contributed by atoms with Crippen molar-refractivity contribution in [3.05, 3.63) is 57.4 Å². The molecule has 2 heterocycles. The summed E-state index contributed by atoms with van der Waals surface area (Å²) in [5, 5.41) is 2.73. The lowest BCUT2D eigenvalue weighted by molar-refractivity contribution is -0.118. The zero-order valence-electron chi connectivity index (χ0n) is 14.8. The van der Waals surface area contributed by atoms with Crippen LogP contribution in [-0.2, 0) is 16.1 Å². The monoisotopic (exact) mass is 368 g/mol. The van der Waals surface area contributed by atoms with E-state index in [0.717, 1.165) is 23.8 Å². The molecular weight excluding hydrogens is 348 g/mol. The van der Waals surface area contributed by atoms with Gasteiger partial charge in [-0.2, -0.15) is 0 Å². The second-order valence-electron chi connectivity index (χ2n) is 6.88. The summed E-state index contributed by atoms with van der Waals surface area (Å²) in [6.07, 6.45) is 4.57. The molecule has 1 aromatic heterocycles. The lowest BCUT2D eigenvalue weighted by Crippen LogP contribution is -2.41. The van der Waals surface area contributed by atoms with Gasteiger partial charge in [-0.1, -0.05) is 12.1 Å². The fourth-order valence-electron chi connectivity index (χ4n) is 3.36. The molecule has 0 unspecified atom stereocenters. The summed E-state index contributed by atoms with van der Waals surface area (Å²) < 4.78 is 2.45. The van der Waals surface area contributed by atoms with Gasteiger partial charge in [-0.3, -0.25) is 23.5 Å². The van der Waals surface area contributed by atoms with Gasteiger partial charge in [-0.05, 0) is 31.4 Å². The van der Waals surface area contributed by atoms with E-state index >= 15 is 0 Å². The number of carbonyl (C=O) groups excluding carboxylic acids is 2. The van der Waals surface area contributed by atoms with Crippen molar-refractivity contribution in [3.8, 4) is 0 Å². The number of nitrogens with zero attached hydrogens (tertiary/aromatic N) is 3. The van der Waals surface area contributed by atoms with Crippen LogP contribution in [0.2, 0.25) is 0 Å².